The Labute approximate surface area is 103 Å². The molecule has 0 radical (unpaired) electrons. The van der Waals surface area contributed by atoms with E-state index in [0.717, 1.165) is 6.42 Å². The fourth-order valence-corrected chi connectivity index (χ4v) is 3.28. The molecule has 1 aromatic carbocycles. The molecule has 1 aliphatic rings. The Morgan fingerprint density at radius 1 is 1.35 bits per heavy atom. The van der Waals surface area contributed by atoms with Crippen molar-refractivity contribution in [1.82, 2.24) is 9.88 Å². The Hall–Kier alpha value is -1.28. The van der Waals surface area contributed by atoms with E-state index in [1.807, 2.05) is 0 Å². The topological polar surface area (TPSA) is 17.0 Å². The third kappa shape index (κ3) is 1.51. The predicted octanol–water partition coefficient (Wildman–Crippen LogP) is 2.56. The van der Waals surface area contributed by atoms with Crippen LogP contribution in [0.4, 0.5) is 0 Å². The summed E-state index contributed by atoms with van der Waals surface area (Å²) in [5, 5.41) is 4.89. The quantitative estimate of drug-likeness (QED) is 0.794. The largest absolute Gasteiger partial charge is 0.347 e. The SMILES string of the molecule is CNC1CCc2c(n(C)c3c(C)cccc23)C1. The van der Waals surface area contributed by atoms with Gasteiger partial charge in [0.25, 0.3) is 0 Å². The van der Waals surface area contributed by atoms with Crippen LogP contribution in [0.2, 0.25) is 0 Å². The molecular weight excluding hydrogens is 208 g/mol. The summed E-state index contributed by atoms with van der Waals surface area (Å²) in [6, 6.07) is 7.32. The van der Waals surface area contributed by atoms with E-state index >= 15 is 0 Å². The molecule has 0 saturated heterocycles. The first kappa shape index (κ1) is 10.8. The van der Waals surface area contributed by atoms with E-state index < -0.39 is 0 Å². The van der Waals surface area contributed by atoms with Gasteiger partial charge in [-0.15, -0.1) is 0 Å². The highest BCUT2D eigenvalue weighted by Gasteiger charge is 2.23. The molecule has 0 amide bonds. The fourth-order valence-electron chi connectivity index (χ4n) is 3.28. The lowest BCUT2D eigenvalue weighted by Crippen LogP contribution is -2.32. The van der Waals surface area contributed by atoms with Crippen molar-refractivity contribution in [3.05, 3.63) is 35.0 Å². The Kier molecular flexibility index (Phi) is 2.48. The molecule has 2 heteroatoms. The minimum absolute atomic E-state index is 0.644. The molecule has 1 heterocycles. The second-order valence-corrected chi connectivity index (χ2v) is 5.18. The van der Waals surface area contributed by atoms with Gasteiger partial charge in [-0.25, -0.2) is 0 Å². The van der Waals surface area contributed by atoms with Gasteiger partial charge in [-0.3, -0.25) is 0 Å². The van der Waals surface area contributed by atoms with Gasteiger partial charge in [0.1, 0.15) is 0 Å². The van der Waals surface area contributed by atoms with Gasteiger partial charge in [0, 0.05) is 30.6 Å². The van der Waals surface area contributed by atoms with Gasteiger partial charge in [0.2, 0.25) is 0 Å². The normalized spacial score (nSPS) is 19.6. The average molecular weight is 228 g/mol. The number of likely N-dealkylation sites (N-methyl/N-ethyl adjacent to an activating group) is 1. The molecule has 1 unspecified atom stereocenters. The van der Waals surface area contributed by atoms with E-state index in [1.165, 1.54) is 35.0 Å². The van der Waals surface area contributed by atoms with Crippen LogP contribution < -0.4 is 5.32 Å². The smallest absolute Gasteiger partial charge is 0.0512 e. The maximum atomic E-state index is 3.42. The monoisotopic (exact) mass is 228 g/mol. The number of nitrogens with zero attached hydrogens (tertiary/aromatic N) is 1. The van der Waals surface area contributed by atoms with E-state index in [1.54, 1.807) is 5.56 Å². The highest BCUT2D eigenvalue weighted by molar-refractivity contribution is 5.88. The van der Waals surface area contributed by atoms with Crippen molar-refractivity contribution in [3.63, 3.8) is 0 Å². The maximum Gasteiger partial charge on any atom is 0.0512 e. The van der Waals surface area contributed by atoms with Crippen LogP contribution in [0, 0.1) is 6.92 Å². The first-order valence-electron chi connectivity index (χ1n) is 6.45. The lowest BCUT2D eigenvalue weighted by Gasteiger charge is -2.23. The minimum Gasteiger partial charge on any atom is -0.347 e. The summed E-state index contributed by atoms with van der Waals surface area (Å²) < 4.78 is 2.41. The Morgan fingerprint density at radius 2 is 2.18 bits per heavy atom. The average Bonchev–Trinajstić information content (AvgIpc) is 2.64. The summed E-state index contributed by atoms with van der Waals surface area (Å²) in [6.45, 7) is 2.21. The van der Waals surface area contributed by atoms with Crippen LogP contribution in [0.25, 0.3) is 10.9 Å². The van der Waals surface area contributed by atoms with Gasteiger partial charge in [0.05, 0.1) is 5.52 Å². The Bertz CT molecular complexity index is 566. The number of hydrogen-bond acceptors (Lipinski definition) is 1. The third-order valence-electron chi connectivity index (χ3n) is 4.24. The van der Waals surface area contributed by atoms with Crippen molar-refractivity contribution in [1.29, 1.82) is 0 Å². The van der Waals surface area contributed by atoms with Crippen LogP contribution in [-0.2, 0) is 19.9 Å². The van der Waals surface area contributed by atoms with Crippen LogP contribution >= 0.6 is 0 Å². The zero-order valence-electron chi connectivity index (χ0n) is 10.9. The third-order valence-corrected chi connectivity index (χ3v) is 4.24. The molecule has 2 aromatic rings. The fraction of sp³-hybridized carbons (Fsp3) is 0.467. The number of nitrogens with one attached hydrogen (secondary N) is 1. The first-order valence-corrected chi connectivity index (χ1v) is 6.45. The van der Waals surface area contributed by atoms with Crippen LogP contribution in [0.1, 0.15) is 23.2 Å². The van der Waals surface area contributed by atoms with Crippen molar-refractivity contribution < 1.29 is 0 Å². The standard InChI is InChI=1S/C15H20N2/c1-10-5-4-6-13-12-8-7-11(16-2)9-14(12)17(3)15(10)13/h4-6,11,16H,7-9H2,1-3H3. The van der Waals surface area contributed by atoms with Gasteiger partial charge in [-0.05, 0) is 37.9 Å². The Morgan fingerprint density at radius 3 is 2.94 bits per heavy atom. The maximum absolute atomic E-state index is 3.42. The summed E-state index contributed by atoms with van der Waals surface area (Å²) in [5.41, 5.74) is 5.92. The molecule has 1 atom stereocenters. The molecule has 0 fully saturated rings. The van der Waals surface area contributed by atoms with Gasteiger partial charge < -0.3 is 9.88 Å². The van der Waals surface area contributed by atoms with Crippen molar-refractivity contribution in [2.75, 3.05) is 7.05 Å². The lowest BCUT2D eigenvalue weighted by molar-refractivity contribution is 0.485. The molecule has 17 heavy (non-hydrogen) atoms. The highest BCUT2D eigenvalue weighted by atomic mass is 15.0. The molecule has 0 spiro atoms. The number of benzene rings is 1. The van der Waals surface area contributed by atoms with Crippen LogP contribution in [0.5, 0.6) is 0 Å². The molecule has 2 nitrogen and oxygen atoms in total. The van der Waals surface area contributed by atoms with Crippen molar-refractivity contribution in [2.24, 2.45) is 7.05 Å². The predicted molar refractivity (Wildman–Crippen MR) is 72.5 cm³/mol. The minimum atomic E-state index is 0.644. The van der Waals surface area contributed by atoms with E-state index in [9.17, 15) is 0 Å². The van der Waals surface area contributed by atoms with E-state index in [-0.39, 0.29) is 0 Å². The van der Waals surface area contributed by atoms with Gasteiger partial charge in [-0.1, -0.05) is 18.2 Å². The Balaban J connectivity index is 2.25. The van der Waals surface area contributed by atoms with Crippen LogP contribution in [0.3, 0.4) is 0 Å². The summed E-state index contributed by atoms with van der Waals surface area (Å²) in [4.78, 5) is 0. The van der Waals surface area contributed by atoms with Crippen LogP contribution in [0.15, 0.2) is 18.2 Å². The number of para-hydroxylation sites is 1. The van der Waals surface area contributed by atoms with E-state index in [0.29, 0.717) is 6.04 Å². The number of aryl methyl sites for hydroxylation is 3. The summed E-state index contributed by atoms with van der Waals surface area (Å²) >= 11 is 0. The number of aromatic nitrogens is 1. The molecule has 1 aliphatic carbocycles. The summed E-state index contributed by atoms with van der Waals surface area (Å²) in [6.07, 6.45) is 3.63. The second-order valence-electron chi connectivity index (χ2n) is 5.18. The zero-order valence-corrected chi connectivity index (χ0v) is 10.9. The molecule has 0 saturated carbocycles. The van der Waals surface area contributed by atoms with Gasteiger partial charge in [0.15, 0.2) is 0 Å². The molecule has 1 aromatic heterocycles. The first-order chi connectivity index (χ1) is 8.22. The highest BCUT2D eigenvalue weighted by Crippen LogP contribution is 2.32. The van der Waals surface area contributed by atoms with Crippen molar-refractivity contribution in [2.45, 2.75) is 32.2 Å². The van der Waals surface area contributed by atoms with E-state index in [4.69, 9.17) is 0 Å². The summed E-state index contributed by atoms with van der Waals surface area (Å²) in [7, 11) is 4.29. The molecule has 0 bridgehead atoms. The van der Waals surface area contributed by atoms with Crippen LogP contribution in [-0.4, -0.2) is 17.7 Å². The zero-order chi connectivity index (χ0) is 12.0. The number of rotatable bonds is 1. The van der Waals surface area contributed by atoms with Gasteiger partial charge in [-0.2, -0.15) is 0 Å². The molecule has 0 aliphatic heterocycles. The molecule has 3 rings (SSSR count). The van der Waals surface area contributed by atoms with E-state index in [2.05, 4.69) is 49.1 Å². The van der Waals surface area contributed by atoms with Gasteiger partial charge >= 0.3 is 0 Å². The number of hydrogen-bond donors (Lipinski definition) is 1. The molecule has 1 N–H and O–H groups in total. The number of fused-ring (bicyclic) bond motifs is 3. The van der Waals surface area contributed by atoms with Crippen molar-refractivity contribution >= 4 is 10.9 Å². The molecule has 90 valence electrons. The summed E-state index contributed by atoms with van der Waals surface area (Å²) in [5.74, 6) is 0. The lowest BCUT2D eigenvalue weighted by atomic mass is 9.91. The van der Waals surface area contributed by atoms with Crippen molar-refractivity contribution in [3.8, 4) is 0 Å². The molecular formula is C15H20N2. The second kappa shape index (κ2) is 3.88.